The van der Waals surface area contributed by atoms with Gasteiger partial charge in [0.05, 0.1) is 16.3 Å². The lowest BCUT2D eigenvalue weighted by molar-refractivity contribution is -0.120. The van der Waals surface area contributed by atoms with Crippen molar-refractivity contribution in [2.75, 3.05) is 0 Å². The second-order valence-electron chi connectivity index (χ2n) is 6.72. The van der Waals surface area contributed by atoms with Crippen LogP contribution in [0, 0.1) is 5.82 Å². The molecule has 0 saturated heterocycles. The van der Waals surface area contributed by atoms with Crippen molar-refractivity contribution in [2.45, 2.75) is 36.9 Å². The highest BCUT2D eigenvalue weighted by Gasteiger charge is 2.21. The summed E-state index contributed by atoms with van der Waals surface area (Å²) >= 11 is 7.40. The van der Waals surface area contributed by atoms with Gasteiger partial charge >= 0.3 is 0 Å². The molecular formula is C21H22ClFN4O2S. The van der Waals surface area contributed by atoms with Crippen LogP contribution in [0.4, 0.5) is 4.39 Å². The van der Waals surface area contributed by atoms with Gasteiger partial charge in [-0.3, -0.25) is 4.79 Å². The van der Waals surface area contributed by atoms with E-state index in [1.165, 1.54) is 23.9 Å². The molecule has 1 aromatic heterocycles. The van der Waals surface area contributed by atoms with E-state index in [4.69, 9.17) is 16.3 Å². The Bertz CT molecular complexity index is 1010. The van der Waals surface area contributed by atoms with E-state index in [1.807, 2.05) is 26.1 Å². The van der Waals surface area contributed by atoms with Gasteiger partial charge in [0.15, 0.2) is 11.0 Å². The molecule has 2 aromatic carbocycles. The molecule has 0 aliphatic carbocycles. The summed E-state index contributed by atoms with van der Waals surface area (Å²) < 4.78 is 20.6. The molecule has 1 amide bonds. The maximum absolute atomic E-state index is 13.1. The van der Waals surface area contributed by atoms with E-state index in [2.05, 4.69) is 15.5 Å². The molecule has 0 radical (unpaired) electrons. The summed E-state index contributed by atoms with van der Waals surface area (Å²) in [7, 11) is 1.82. The first-order valence-corrected chi connectivity index (χ1v) is 10.6. The molecule has 0 unspecified atom stereocenters. The predicted molar refractivity (Wildman–Crippen MR) is 115 cm³/mol. The first-order chi connectivity index (χ1) is 14.3. The van der Waals surface area contributed by atoms with Gasteiger partial charge in [0.25, 0.3) is 0 Å². The Morgan fingerprint density at radius 1 is 1.20 bits per heavy atom. The summed E-state index contributed by atoms with van der Waals surface area (Å²) in [5.74, 6) is 0.732. The highest BCUT2D eigenvalue weighted by atomic mass is 35.5. The van der Waals surface area contributed by atoms with E-state index < -0.39 is 5.25 Å². The fourth-order valence-electron chi connectivity index (χ4n) is 2.65. The normalized spacial score (nSPS) is 13.0. The maximum atomic E-state index is 13.1. The first-order valence-electron chi connectivity index (χ1n) is 9.33. The average Bonchev–Trinajstić information content (AvgIpc) is 3.07. The quantitative estimate of drug-likeness (QED) is 0.512. The number of carbonyl (C=O) groups is 1. The molecule has 0 aliphatic rings. The standard InChI is InChI=1S/C21H22ClFN4O2S/c1-13(15-8-10-16(23)11-9-15)24-20(28)14(2)30-21-26-25-19(27(21)3)12-29-18-7-5-4-6-17(18)22/h4-11,13-14H,12H2,1-3H3,(H,24,28)/t13-,14+/m0/s1. The minimum atomic E-state index is -0.395. The summed E-state index contributed by atoms with van der Waals surface area (Å²) in [4.78, 5) is 12.6. The number of benzene rings is 2. The van der Waals surface area contributed by atoms with E-state index in [0.29, 0.717) is 21.8 Å². The molecule has 1 heterocycles. The molecule has 0 aliphatic heterocycles. The molecular weight excluding hydrogens is 427 g/mol. The number of nitrogens with zero attached hydrogens (tertiary/aromatic N) is 3. The Morgan fingerprint density at radius 3 is 2.60 bits per heavy atom. The monoisotopic (exact) mass is 448 g/mol. The van der Waals surface area contributed by atoms with Crippen molar-refractivity contribution in [3.8, 4) is 5.75 Å². The van der Waals surface area contributed by atoms with E-state index >= 15 is 0 Å². The molecule has 0 bridgehead atoms. The van der Waals surface area contributed by atoms with Gasteiger partial charge in [0.1, 0.15) is 18.2 Å². The largest absolute Gasteiger partial charge is 0.484 e. The van der Waals surface area contributed by atoms with Crippen LogP contribution in [-0.4, -0.2) is 25.9 Å². The molecule has 3 rings (SSSR count). The lowest BCUT2D eigenvalue weighted by atomic mass is 10.1. The zero-order valence-electron chi connectivity index (χ0n) is 16.8. The lowest BCUT2D eigenvalue weighted by Crippen LogP contribution is -2.33. The van der Waals surface area contributed by atoms with Gasteiger partial charge in [-0.25, -0.2) is 4.39 Å². The number of hydrogen-bond donors (Lipinski definition) is 1. The Balaban J connectivity index is 1.57. The molecule has 0 spiro atoms. The van der Waals surface area contributed by atoms with Gasteiger partial charge in [-0.1, -0.05) is 47.6 Å². The topological polar surface area (TPSA) is 69.0 Å². The number of carbonyl (C=O) groups excluding carboxylic acids is 1. The van der Waals surface area contributed by atoms with Crippen molar-refractivity contribution < 1.29 is 13.9 Å². The Kier molecular flexibility index (Phi) is 7.33. The van der Waals surface area contributed by atoms with Crippen molar-refractivity contribution in [1.82, 2.24) is 20.1 Å². The van der Waals surface area contributed by atoms with Crippen LogP contribution >= 0.6 is 23.4 Å². The smallest absolute Gasteiger partial charge is 0.233 e. The summed E-state index contributed by atoms with van der Waals surface area (Å²) in [6.07, 6.45) is 0. The molecule has 3 aromatic rings. The number of hydrogen-bond acceptors (Lipinski definition) is 5. The van der Waals surface area contributed by atoms with Gasteiger partial charge < -0.3 is 14.6 Å². The maximum Gasteiger partial charge on any atom is 0.233 e. The van der Waals surface area contributed by atoms with Crippen molar-refractivity contribution in [3.63, 3.8) is 0 Å². The van der Waals surface area contributed by atoms with E-state index in [9.17, 15) is 9.18 Å². The van der Waals surface area contributed by atoms with Gasteiger partial charge in [0, 0.05) is 7.05 Å². The zero-order chi connectivity index (χ0) is 21.7. The Hall–Kier alpha value is -2.58. The number of aromatic nitrogens is 3. The number of nitrogens with one attached hydrogen (secondary N) is 1. The lowest BCUT2D eigenvalue weighted by Gasteiger charge is -2.17. The minimum Gasteiger partial charge on any atom is -0.484 e. The summed E-state index contributed by atoms with van der Waals surface area (Å²) in [6.45, 7) is 3.86. The van der Waals surface area contributed by atoms with Crippen molar-refractivity contribution in [1.29, 1.82) is 0 Å². The van der Waals surface area contributed by atoms with Crippen LogP contribution in [0.3, 0.4) is 0 Å². The zero-order valence-corrected chi connectivity index (χ0v) is 18.4. The molecule has 1 N–H and O–H groups in total. The molecule has 0 fully saturated rings. The highest BCUT2D eigenvalue weighted by molar-refractivity contribution is 8.00. The number of thioether (sulfide) groups is 1. The SMILES string of the molecule is C[C@H](NC(=O)[C@@H](C)Sc1nnc(COc2ccccc2Cl)n1C)c1ccc(F)cc1. The third kappa shape index (κ3) is 5.52. The van der Waals surface area contributed by atoms with Gasteiger partial charge in [0.2, 0.25) is 5.91 Å². The summed E-state index contributed by atoms with van der Waals surface area (Å²) in [6, 6.07) is 13.0. The molecule has 9 heteroatoms. The second kappa shape index (κ2) is 9.95. The molecule has 6 nitrogen and oxygen atoms in total. The van der Waals surface area contributed by atoms with E-state index in [-0.39, 0.29) is 24.4 Å². The first kappa shape index (κ1) is 22.1. The number of rotatable bonds is 8. The van der Waals surface area contributed by atoms with Crippen LogP contribution in [0.2, 0.25) is 5.02 Å². The second-order valence-corrected chi connectivity index (χ2v) is 8.43. The molecule has 30 heavy (non-hydrogen) atoms. The number of para-hydroxylation sites is 1. The van der Waals surface area contributed by atoms with Gasteiger partial charge in [-0.2, -0.15) is 0 Å². The number of ether oxygens (including phenoxy) is 1. The van der Waals surface area contributed by atoms with Crippen molar-refractivity contribution >= 4 is 29.3 Å². The van der Waals surface area contributed by atoms with Crippen molar-refractivity contribution in [2.24, 2.45) is 7.05 Å². The molecule has 158 valence electrons. The molecule has 0 saturated carbocycles. The Labute approximate surface area is 183 Å². The van der Waals surface area contributed by atoms with Crippen LogP contribution in [-0.2, 0) is 18.4 Å². The third-order valence-electron chi connectivity index (χ3n) is 4.50. The van der Waals surface area contributed by atoms with Crippen LogP contribution in [0.1, 0.15) is 31.3 Å². The van der Waals surface area contributed by atoms with E-state index in [0.717, 1.165) is 5.56 Å². The predicted octanol–water partition coefficient (Wildman–Crippen LogP) is 4.54. The van der Waals surface area contributed by atoms with Crippen LogP contribution < -0.4 is 10.1 Å². The van der Waals surface area contributed by atoms with Gasteiger partial charge in [-0.05, 0) is 43.7 Å². The van der Waals surface area contributed by atoms with Crippen LogP contribution in [0.15, 0.2) is 53.7 Å². The number of amides is 1. The Morgan fingerprint density at radius 2 is 1.90 bits per heavy atom. The summed E-state index contributed by atoms with van der Waals surface area (Å²) in [5, 5.41) is 12.0. The van der Waals surface area contributed by atoms with Crippen LogP contribution in [0.5, 0.6) is 5.75 Å². The molecule has 2 atom stereocenters. The van der Waals surface area contributed by atoms with E-state index in [1.54, 1.807) is 35.8 Å². The fourth-order valence-corrected chi connectivity index (χ4v) is 3.69. The van der Waals surface area contributed by atoms with Gasteiger partial charge in [-0.15, -0.1) is 10.2 Å². The van der Waals surface area contributed by atoms with Crippen LogP contribution in [0.25, 0.3) is 0 Å². The van der Waals surface area contributed by atoms with Crippen molar-refractivity contribution in [3.05, 3.63) is 70.8 Å². The fraction of sp³-hybridized carbons (Fsp3) is 0.286. The average molecular weight is 449 g/mol. The third-order valence-corrected chi connectivity index (χ3v) is 5.94. The highest BCUT2D eigenvalue weighted by Crippen LogP contribution is 2.26. The number of halogens is 2. The minimum absolute atomic E-state index is 0.145. The summed E-state index contributed by atoms with van der Waals surface area (Å²) in [5.41, 5.74) is 0.833.